The fraction of sp³-hybridized carbons (Fsp3) is 0.611. The van der Waals surface area contributed by atoms with Crippen molar-refractivity contribution in [2.45, 2.75) is 39.7 Å². The molecule has 1 aromatic carbocycles. The van der Waals surface area contributed by atoms with Crippen LogP contribution in [0.2, 0.25) is 5.02 Å². The first-order valence-electron chi connectivity index (χ1n) is 8.28. The van der Waals surface area contributed by atoms with Crippen LogP contribution in [0.3, 0.4) is 0 Å². The number of rotatable bonds is 3. The molecule has 24 heavy (non-hydrogen) atoms. The molecule has 0 aromatic heterocycles. The number of halogens is 2. The molecule has 1 atom stereocenters. The van der Waals surface area contributed by atoms with E-state index in [4.69, 9.17) is 11.6 Å². The third kappa shape index (κ3) is 6.31. The fourth-order valence-corrected chi connectivity index (χ4v) is 3.08. The highest BCUT2D eigenvalue weighted by molar-refractivity contribution is 14.0. The van der Waals surface area contributed by atoms with E-state index in [1.807, 2.05) is 13.1 Å². The Morgan fingerprint density at radius 3 is 2.71 bits per heavy atom. The Morgan fingerprint density at radius 2 is 2.08 bits per heavy atom. The summed E-state index contributed by atoms with van der Waals surface area (Å²) >= 11 is 6.15. The summed E-state index contributed by atoms with van der Waals surface area (Å²) < 4.78 is 0. The smallest absolute Gasteiger partial charge is 0.191 e. The third-order valence-electron chi connectivity index (χ3n) is 4.07. The van der Waals surface area contributed by atoms with Gasteiger partial charge in [-0.25, -0.2) is 0 Å². The van der Waals surface area contributed by atoms with E-state index in [9.17, 15) is 0 Å². The quantitative estimate of drug-likeness (QED) is 0.403. The molecule has 1 aliphatic heterocycles. The minimum atomic E-state index is 0. The Morgan fingerprint density at radius 1 is 1.38 bits per heavy atom. The first kappa shape index (κ1) is 21.4. The summed E-state index contributed by atoms with van der Waals surface area (Å²) in [5.74, 6) is 1.49. The lowest BCUT2D eigenvalue weighted by molar-refractivity contribution is 0.491. The second-order valence-corrected chi connectivity index (χ2v) is 7.80. The van der Waals surface area contributed by atoms with Crippen LogP contribution in [0.1, 0.15) is 32.8 Å². The van der Waals surface area contributed by atoms with E-state index in [0.29, 0.717) is 5.92 Å². The van der Waals surface area contributed by atoms with Crippen LogP contribution >= 0.6 is 35.6 Å². The maximum absolute atomic E-state index is 6.15. The SMILES string of the molecule is CN=C(NCC1CCN(c2cc(Cl)ccc2C)C1)NC(C)(C)C.I. The zero-order valence-corrected chi connectivity index (χ0v) is 18.4. The molecule has 136 valence electrons. The molecule has 1 heterocycles. The Labute approximate surface area is 168 Å². The van der Waals surface area contributed by atoms with Gasteiger partial charge < -0.3 is 15.5 Å². The average Bonchev–Trinajstić information content (AvgIpc) is 2.93. The lowest BCUT2D eigenvalue weighted by Crippen LogP contribution is -2.48. The van der Waals surface area contributed by atoms with E-state index >= 15 is 0 Å². The summed E-state index contributed by atoms with van der Waals surface area (Å²) in [4.78, 5) is 6.74. The number of nitrogens with zero attached hydrogens (tertiary/aromatic N) is 2. The summed E-state index contributed by atoms with van der Waals surface area (Å²) in [5, 5.41) is 7.66. The van der Waals surface area contributed by atoms with E-state index in [1.165, 1.54) is 17.7 Å². The molecular formula is C18H30ClIN4. The van der Waals surface area contributed by atoms with Gasteiger partial charge in [-0.1, -0.05) is 17.7 Å². The molecule has 6 heteroatoms. The van der Waals surface area contributed by atoms with E-state index in [0.717, 1.165) is 30.6 Å². The number of nitrogens with one attached hydrogen (secondary N) is 2. The maximum atomic E-state index is 6.15. The summed E-state index contributed by atoms with van der Waals surface area (Å²) in [6.07, 6.45) is 1.19. The Hall–Kier alpha value is -0.690. The van der Waals surface area contributed by atoms with Crippen LogP contribution in [0.25, 0.3) is 0 Å². The van der Waals surface area contributed by atoms with Crippen molar-refractivity contribution < 1.29 is 0 Å². The minimum Gasteiger partial charge on any atom is -0.371 e. The van der Waals surface area contributed by atoms with Crippen molar-refractivity contribution in [3.05, 3.63) is 28.8 Å². The van der Waals surface area contributed by atoms with Gasteiger partial charge in [0.25, 0.3) is 0 Å². The Bertz CT molecular complexity index is 569. The van der Waals surface area contributed by atoms with Gasteiger partial charge in [-0.15, -0.1) is 24.0 Å². The highest BCUT2D eigenvalue weighted by Crippen LogP contribution is 2.29. The monoisotopic (exact) mass is 464 g/mol. The van der Waals surface area contributed by atoms with Crippen molar-refractivity contribution in [1.29, 1.82) is 0 Å². The molecule has 1 aliphatic rings. The topological polar surface area (TPSA) is 39.7 Å². The number of aryl methyl sites for hydroxylation is 1. The summed E-state index contributed by atoms with van der Waals surface area (Å²) in [6.45, 7) is 11.6. The van der Waals surface area contributed by atoms with Crippen LogP contribution in [0, 0.1) is 12.8 Å². The lowest BCUT2D eigenvalue weighted by atomic mass is 10.1. The predicted molar refractivity (Wildman–Crippen MR) is 116 cm³/mol. The number of aliphatic imine (C=N–C) groups is 1. The maximum Gasteiger partial charge on any atom is 0.191 e. The molecule has 4 nitrogen and oxygen atoms in total. The van der Waals surface area contributed by atoms with Gasteiger partial charge in [0.15, 0.2) is 5.96 Å². The lowest BCUT2D eigenvalue weighted by Gasteiger charge is -2.25. The van der Waals surface area contributed by atoms with Gasteiger partial charge in [0, 0.05) is 42.9 Å². The molecule has 0 amide bonds. The van der Waals surface area contributed by atoms with Gasteiger partial charge in [0.2, 0.25) is 0 Å². The normalized spacial score (nSPS) is 18.3. The van der Waals surface area contributed by atoms with Crippen molar-refractivity contribution in [2.24, 2.45) is 10.9 Å². The van der Waals surface area contributed by atoms with Crippen molar-refractivity contribution in [3.8, 4) is 0 Å². The average molecular weight is 465 g/mol. The van der Waals surface area contributed by atoms with Gasteiger partial charge >= 0.3 is 0 Å². The van der Waals surface area contributed by atoms with Crippen molar-refractivity contribution in [2.75, 3.05) is 31.6 Å². The number of hydrogen-bond acceptors (Lipinski definition) is 2. The van der Waals surface area contributed by atoms with Crippen LogP contribution in [0.15, 0.2) is 23.2 Å². The minimum absolute atomic E-state index is 0. The van der Waals surface area contributed by atoms with Crippen LogP contribution in [-0.4, -0.2) is 38.2 Å². The predicted octanol–water partition coefficient (Wildman–Crippen LogP) is 4.06. The van der Waals surface area contributed by atoms with Crippen LogP contribution < -0.4 is 15.5 Å². The number of guanidine groups is 1. The molecule has 0 aliphatic carbocycles. The molecule has 1 fully saturated rings. The van der Waals surface area contributed by atoms with Crippen molar-refractivity contribution >= 4 is 47.2 Å². The first-order chi connectivity index (χ1) is 10.8. The van der Waals surface area contributed by atoms with E-state index < -0.39 is 0 Å². The summed E-state index contributed by atoms with van der Waals surface area (Å²) in [6, 6.07) is 6.13. The standard InChI is InChI=1S/C18H29ClN4.HI/c1-13-6-7-15(19)10-16(13)23-9-8-14(12-23)11-21-17(20-5)22-18(2,3)4;/h6-7,10,14H,8-9,11-12H2,1-5H3,(H2,20,21,22);1H. The molecule has 0 spiro atoms. The Kier molecular flexibility index (Phi) is 8.12. The van der Waals surface area contributed by atoms with Crippen molar-refractivity contribution in [3.63, 3.8) is 0 Å². The molecular weight excluding hydrogens is 435 g/mol. The van der Waals surface area contributed by atoms with Gasteiger partial charge in [0.1, 0.15) is 0 Å². The molecule has 2 N–H and O–H groups in total. The molecule has 0 saturated carbocycles. The zero-order chi connectivity index (χ0) is 17.0. The fourth-order valence-electron chi connectivity index (χ4n) is 2.92. The molecule has 0 bridgehead atoms. The molecule has 2 rings (SSSR count). The highest BCUT2D eigenvalue weighted by Gasteiger charge is 2.24. The molecule has 1 saturated heterocycles. The first-order valence-corrected chi connectivity index (χ1v) is 8.66. The van der Waals surface area contributed by atoms with E-state index in [-0.39, 0.29) is 29.5 Å². The Balaban J connectivity index is 0.00000288. The van der Waals surface area contributed by atoms with Crippen LogP contribution in [0.4, 0.5) is 5.69 Å². The second kappa shape index (κ2) is 9.13. The van der Waals surface area contributed by atoms with Crippen LogP contribution in [-0.2, 0) is 0 Å². The van der Waals surface area contributed by atoms with Gasteiger partial charge in [-0.05, 0) is 57.7 Å². The molecule has 1 unspecified atom stereocenters. The third-order valence-corrected chi connectivity index (χ3v) is 4.31. The summed E-state index contributed by atoms with van der Waals surface area (Å²) in [7, 11) is 1.82. The second-order valence-electron chi connectivity index (χ2n) is 7.36. The highest BCUT2D eigenvalue weighted by atomic mass is 127. The van der Waals surface area contributed by atoms with Gasteiger partial charge in [-0.3, -0.25) is 4.99 Å². The van der Waals surface area contributed by atoms with Gasteiger partial charge in [0.05, 0.1) is 0 Å². The number of benzene rings is 1. The zero-order valence-electron chi connectivity index (χ0n) is 15.3. The van der Waals surface area contributed by atoms with Crippen LogP contribution in [0.5, 0.6) is 0 Å². The number of anilines is 1. The molecule has 0 radical (unpaired) electrons. The summed E-state index contributed by atoms with van der Waals surface area (Å²) in [5.41, 5.74) is 2.56. The number of hydrogen-bond donors (Lipinski definition) is 2. The van der Waals surface area contributed by atoms with Crippen molar-refractivity contribution in [1.82, 2.24) is 10.6 Å². The van der Waals surface area contributed by atoms with E-state index in [2.05, 4.69) is 60.4 Å². The van der Waals surface area contributed by atoms with Gasteiger partial charge in [-0.2, -0.15) is 0 Å². The van der Waals surface area contributed by atoms with E-state index in [1.54, 1.807) is 0 Å². The largest absolute Gasteiger partial charge is 0.371 e. The molecule has 1 aromatic rings.